The molecule has 0 unspecified atom stereocenters. The Morgan fingerprint density at radius 2 is 1.69 bits per heavy atom. The van der Waals surface area contributed by atoms with Crippen molar-refractivity contribution in [2.45, 2.75) is 57.1 Å². The number of hydrogen-bond donors (Lipinski definition) is 1. The number of carbonyl (C=O) groups is 2. The Morgan fingerprint density at radius 1 is 1.03 bits per heavy atom. The number of carbonyl (C=O) groups excluding carboxylic acids is 2. The van der Waals surface area contributed by atoms with Crippen LogP contribution in [-0.2, 0) is 21.4 Å². The lowest BCUT2D eigenvalue weighted by Gasteiger charge is -2.40. The van der Waals surface area contributed by atoms with E-state index in [0.717, 1.165) is 18.4 Å². The normalized spacial score (nSPS) is 17.7. The van der Waals surface area contributed by atoms with Crippen LogP contribution < -0.4 is 5.32 Å². The summed E-state index contributed by atoms with van der Waals surface area (Å²) in [5, 5.41) is 2.83. The second-order valence-corrected chi connectivity index (χ2v) is 9.79. The van der Waals surface area contributed by atoms with Crippen molar-refractivity contribution in [2.75, 3.05) is 13.1 Å². The first-order chi connectivity index (χ1) is 15.3. The number of hydrogen-bond acceptors (Lipinski definition) is 3. The lowest BCUT2D eigenvalue weighted by atomic mass is 9.74. The summed E-state index contributed by atoms with van der Waals surface area (Å²) in [7, 11) is 0. The molecule has 1 aliphatic heterocycles. The quantitative estimate of drug-likeness (QED) is 0.761. The van der Waals surface area contributed by atoms with Crippen LogP contribution in [0.4, 0.5) is 4.79 Å². The number of likely N-dealkylation sites (tertiary alicyclic amines) is 1. The second-order valence-electron chi connectivity index (χ2n) is 9.79. The zero-order valence-corrected chi connectivity index (χ0v) is 19.1. The minimum absolute atomic E-state index is 0.0148. The van der Waals surface area contributed by atoms with Gasteiger partial charge >= 0.3 is 6.09 Å². The maximum Gasteiger partial charge on any atom is 0.408 e. The molecule has 32 heavy (non-hydrogen) atoms. The fourth-order valence-corrected chi connectivity index (χ4v) is 4.72. The average Bonchev–Trinajstić information content (AvgIpc) is 3.11. The SMILES string of the molecule is CC(C)(C)OC(=O)N[C@H](Cc1ccccc1)C(=O)N1CCC2(C=Cc3ccccc32)CC1. The number of alkyl carbamates (subject to hydrolysis) is 1. The van der Waals surface area contributed by atoms with Crippen LogP contribution in [0, 0.1) is 0 Å². The Bertz CT molecular complexity index is 999. The van der Waals surface area contributed by atoms with Gasteiger partial charge in [-0.05, 0) is 50.3 Å². The van der Waals surface area contributed by atoms with Crippen molar-refractivity contribution >= 4 is 18.1 Å². The Kier molecular flexibility index (Phi) is 6.09. The summed E-state index contributed by atoms with van der Waals surface area (Å²) >= 11 is 0. The standard InChI is InChI=1S/C27H32N2O3/c1-26(2,3)32-25(31)28-23(19-20-9-5-4-6-10-20)24(30)29-17-15-27(16-18-29)14-13-21-11-7-8-12-22(21)27/h4-14,23H,15-19H2,1-3H3,(H,28,31)/t23-/m1/s1. The van der Waals surface area contributed by atoms with Crippen molar-refractivity contribution in [3.05, 3.63) is 77.4 Å². The minimum atomic E-state index is -0.660. The molecule has 1 N–H and O–H groups in total. The highest BCUT2D eigenvalue weighted by atomic mass is 16.6. The number of ether oxygens (including phenoxy) is 1. The molecule has 1 spiro atoms. The first kappa shape index (κ1) is 22.1. The summed E-state index contributed by atoms with van der Waals surface area (Å²) in [5.74, 6) is -0.0511. The van der Waals surface area contributed by atoms with E-state index in [0.29, 0.717) is 19.5 Å². The smallest absolute Gasteiger partial charge is 0.408 e. The lowest BCUT2D eigenvalue weighted by Crippen LogP contribution is -2.53. The summed E-state index contributed by atoms with van der Waals surface area (Å²) in [5.41, 5.74) is 3.04. The molecule has 2 aromatic rings. The van der Waals surface area contributed by atoms with Gasteiger partial charge < -0.3 is 15.0 Å². The molecular formula is C27H32N2O3. The van der Waals surface area contributed by atoms with Crippen molar-refractivity contribution < 1.29 is 14.3 Å². The third-order valence-electron chi connectivity index (χ3n) is 6.32. The molecule has 1 fully saturated rings. The van der Waals surface area contributed by atoms with E-state index in [4.69, 9.17) is 4.74 Å². The third kappa shape index (κ3) is 4.87. The van der Waals surface area contributed by atoms with Gasteiger partial charge in [0.05, 0.1) is 0 Å². The van der Waals surface area contributed by atoms with E-state index >= 15 is 0 Å². The fourth-order valence-electron chi connectivity index (χ4n) is 4.72. The van der Waals surface area contributed by atoms with Gasteiger partial charge in [-0.2, -0.15) is 0 Å². The van der Waals surface area contributed by atoms with Crippen LogP contribution in [0.5, 0.6) is 0 Å². The van der Waals surface area contributed by atoms with Crippen LogP contribution in [0.25, 0.3) is 6.08 Å². The Labute approximate surface area is 190 Å². The molecule has 1 heterocycles. The van der Waals surface area contributed by atoms with E-state index in [1.54, 1.807) is 0 Å². The molecule has 2 amide bonds. The van der Waals surface area contributed by atoms with Crippen molar-refractivity contribution in [1.29, 1.82) is 0 Å². The first-order valence-corrected chi connectivity index (χ1v) is 11.4. The topological polar surface area (TPSA) is 58.6 Å². The lowest BCUT2D eigenvalue weighted by molar-refractivity contribution is -0.134. The summed E-state index contributed by atoms with van der Waals surface area (Å²) in [6, 6.07) is 17.6. The molecule has 2 aromatic carbocycles. The van der Waals surface area contributed by atoms with E-state index in [1.807, 2.05) is 56.0 Å². The van der Waals surface area contributed by atoms with Gasteiger partial charge in [-0.25, -0.2) is 4.79 Å². The van der Waals surface area contributed by atoms with Gasteiger partial charge in [0.2, 0.25) is 5.91 Å². The maximum atomic E-state index is 13.5. The van der Waals surface area contributed by atoms with E-state index in [9.17, 15) is 9.59 Å². The number of allylic oxidation sites excluding steroid dienone is 1. The van der Waals surface area contributed by atoms with Crippen LogP contribution in [0.2, 0.25) is 0 Å². The molecular weight excluding hydrogens is 400 g/mol. The summed E-state index contributed by atoms with van der Waals surface area (Å²) in [6.07, 6.45) is 6.15. The van der Waals surface area contributed by atoms with E-state index in [2.05, 4.69) is 41.7 Å². The Morgan fingerprint density at radius 3 is 2.38 bits per heavy atom. The van der Waals surface area contributed by atoms with Crippen LogP contribution in [0.1, 0.15) is 50.3 Å². The molecule has 2 aliphatic rings. The number of fused-ring (bicyclic) bond motifs is 2. The fraction of sp³-hybridized carbons (Fsp3) is 0.407. The Balaban J connectivity index is 1.46. The molecule has 5 heteroatoms. The Hall–Kier alpha value is -3.08. The molecule has 0 radical (unpaired) electrons. The third-order valence-corrected chi connectivity index (χ3v) is 6.32. The van der Waals surface area contributed by atoms with Gasteiger partial charge in [-0.15, -0.1) is 0 Å². The van der Waals surface area contributed by atoms with E-state index in [-0.39, 0.29) is 11.3 Å². The van der Waals surface area contributed by atoms with Crippen LogP contribution in [0.15, 0.2) is 60.7 Å². The van der Waals surface area contributed by atoms with Crippen molar-refractivity contribution in [3.8, 4) is 0 Å². The van der Waals surface area contributed by atoms with E-state index in [1.165, 1.54) is 11.1 Å². The van der Waals surface area contributed by atoms with Gasteiger partial charge in [0.25, 0.3) is 0 Å². The molecule has 4 rings (SSSR count). The van der Waals surface area contributed by atoms with Gasteiger partial charge in [0.1, 0.15) is 11.6 Å². The highest BCUT2D eigenvalue weighted by molar-refractivity contribution is 5.86. The maximum absolute atomic E-state index is 13.5. The predicted octanol–water partition coefficient (Wildman–Crippen LogP) is 4.71. The molecule has 0 saturated carbocycles. The molecule has 5 nitrogen and oxygen atoms in total. The molecule has 0 aromatic heterocycles. The summed E-state index contributed by atoms with van der Waals surface area (Å²) in [6.45, 7) is 6.78. The summed E-state index contributed by atoms with van der Waals surface area (Å²) in [4.78, 5) is 27.9. The van der Waals surface area contributed by atoms with Crippen molar-refractivity contribution in [3.63, 3.8) is 0 Å². The molecule has 168 valence electrons. The molecule has 0 bridgehead atoms. The van der Waals surface area contributed by atoms with Crippen molar-refractivity contribution in [1.82, 2.24) is 10.2 Å². The summed E-state index contributed by atoms with van der Waals surface area (Å²) < 4.78 is 5.43. The highest BCUT2D eigenvalue weighted by Crippen LogP contribution is 2.43. The monoisotopic (exact) mass is 432 g/mol. The molecule has 1 aliphatic carbocycles. The number of nitrogens with one attached hydrogen (secondary N) is 1. The number of amides is 2. The number of nitrogens with zero attached hydrogens (tertiary/aromatic N) is 1. The largest absolute Gasteiger partial charge is 0.444 e. The number of benzene rings is 2. The van der Waals surface area contributed by atoms with Crippen LogP contribution in [-0.4, -0.2) is 41.6 Å². The average molecular weight is 433 g/mol. The second kappa shape index (κ2) is 8.81. The number of rotatable bonds is 4. The van der Waals surface area contributed by atoms with Gasteiger partial charge in [-0.3, -0.25) is 4.79 Å². The molecule has 1 atom stereocenters. The zero-order valence-electron chi connectivity index (χ0n) is 19.1. The minimum Gasteiger partial charge on any atom is -0.444 e. The van der Waals surface area contributed by atoms with Gasteiger partial charge in [-0.1, -0.05) is 66.7 Å². The van der Waals surface area contributed by atoms with Crippen LogP contribution >= 0.6 is 0 Å². The van der Waals surface area contributed by atoms with E-state index < -0.39 is 17.7 Å². The zero-order chi connectivity index (χ0) is 22.8. The van der Waals surface area contributed by atoms with Gasteiger partial charge in [0, 0.05) is 24.9 Å². The van der Waals surface area contributed by atoms with Crippen molar-refractivity contribution in [2.24, 2.45) is 0 Å². The highest BCUT2D eigenvalue weighted by Gasteiger charge is 2.40. The van der Waals surface area contributed by atoms with Gasteiger partial charge in [0.15, 0.2) is 0 Å². The predicted molar refractivity (Wildman–Crippen MR) is 126 cm³/mol. The first-order valence-electron chi connectivity index (χ1n) is 11.4. The van der Waals surface area contributed by atoms with Crippen LogP contribution in [0.3, 0.4) is 0 Å². The molecule has 1 saturated heterocycles. The number of piperidine rings is 1.